The molecule has 0 fully saturated rings. The minimum absolute atomic E-state index is 0.337. The first-order valence-corrected chi connectivity index (χ1v) is 6.65. The highest BCUT2D eigenvalue weighted by Crippen LogP contribution is 2.17. The number of rotatable bonds is 5. The molecular formula is C15H14N2O6. The van der Waals surface area contributed by atoms with Crippen molar-refractivity contribution in [2.24, 2.45) is 0 Å². The van der Waals surface area contributed by atoms with E-state index in [0.717, 1.165) is 23.3 Å². The molecule has 1 N–H and O–H groups in total. The Labute approximate surface area is 131 Å². The number of nitro groups is 1. The van der Waals surface area contributed by atoms with E-state index in [4.69, 9.17) is 4.74 Å². The standard InChI is InChI=1S/C15H14N2O6/c1-9-3-4-11(10(2)7-9)16-13(18)8-22-15(19)12-5-6-14(23-12)17(20)21/h3-7H,8H2,1-2H3,(H,16,18). The van der Waals surface area contributed by atoms with Crippen molar-refractivity contribution in [3.05, 3.63) is 57.3 Å². The third-order valence-corrected chi connectivity index (χ3v) is 2.96. The van der Waals surface area contributed by atoms with Crippen LogP contribution in [0.5, 0.6) is 0 Å². The van der Waals surface area contributed by atoms with Crippen molar-refractivity contribution in [2.75, 3.05) is 11.9 Å². The number of hydrogen-bond donors (Lipinski definition) is 1. The Bertz CT molecular complexity index is 765. The van der Waals surface area contributed by atoms with E-state index in [1.807, 2.05) is 26.0 Å². The number of furan rings is 1. The van der Waals surface area contributed by atoms with Gasteiger partial charge in [0.15, 0.2) is 6.61 Å². The average molecular weight is 318 g/mol. The first kappa shape index (κ1) is 16.2. The van der Waals surface area contributed by atoms with Crippen LogP contribution in [0.1, 0.15) is 21.7 Å². The summed E-state index contributed by atoms with van der Waals surface area (Å²) in [5.74, 6) is -2.38. The third kappa shape index (κ3) is 4.16. The lowest BCUT2D eigenvalue weighted by Gasteiger charge is -2.09. The van der Waals surface area contributed by atoms with Crippen LogP contribution >= 0.6 is 0 Å². The Morgan fingerprint density at radius 1 is 1.26 bits per heavy atom. The molecule has 1 amide bonds. The summed E-state index contributed by atoms with van der Waals surface area (Å²) < 4.78 is 9.44. The van der Waals surface area contributed by atoms with Gasteiger partial charge in [0.05, 0.1) is 6.07 Å². The summed E-state index contributed by atoms with van der Waals surface area (Å²) in [4.78, 5) is 33.1. The van der Waals surface area contributed by atoms with Crippen LogP contribution in [-0.2, 0) is 9.53 Å². The van der Waals surface area contributed by atoms with Crippen LogP contribution in [0.15, 0.2) is 34.7 Å². The van der Waals surface area contributed by atoms with Crippen LogP contribution in [-0.4, -0.2) is 23.4 Å². The molecule has 1 aromatic heterocycles. The molecule has 120 valence electrons. The zero-order valence-corrected chi connectivity index (χ0v) is 12.5. The summed E-state index contributed by atoms with van der Waals surface area (Å²) >= 11 is 0. The molecule has 0 aliphatic rings. The van der Waals surface area contributed by atoms with E-state index in [-0.39, 0.29) is 5.76 Å². The highest BCUT2D eigenvalue weighted by Gasteiger charge is 2.19. The number of anilines is 1. The molecule has 0 aliphatic heterocycles. The normalized spacial score (nSPS) is 10.2. The van der Waals surface area contributed by atoms with Gasteiger partial charge < -0.3 is 14.5 Å². The van der Waals surface area contributed by atoms with Crippen molar-refractivity contribution in [2.45, 2.75) is 13.8 Å². The predicted octanol–water partition coefficient (Wildman–Crippen LogP) is 2.60. The lowest BCUT2D eigenvalue weighted by Crippen LogP contribution is -2.21. The van der Waals surface area contributed by atoms with Crippen LogP contribution in [0.2, 0.25) is 0 Å². The van der Waals surface area contributed by atoms with Crippen molar-refractivity contribution in [3.8, 4) is 0 Å². The van der Waals surface area contributed by atoms with Gasteiger partial charge in [0.25, 0.3) is 5.91 Å². The molecule has 0 atom stereocenters. The summed E-state index contributed by atoms with van der Waals surface area (Å²) in [5, 5.41) is 13.1. The second-order valence-corrected chi connectivity index (χ2v) is 4.84. The van der Waals surface area contributed by atoms with Gasteiger partial charge in [-0.05, 0) is 31.5 Å². The highest BCUT2D eigenvalue weighted by molar-refractivity contribution is 5.95. The topological polar surface area (TPSA) is 112 Å². The summed E-state index contributed by atoms with van der Waals surface area (Å²) in [6.45, 7) is 3.25. The van der Waals surface area contributed by atoms with Crippen molar-refractivity contribution >= 4 is 23.4 Å². The van der Waals surface area contributed by atoms with Gasteiger partial charge in [0.1, 0.15) is 4.92 Å². The molecular weight excluding hydrogens is 304 g/mol. The SMILES string of the molecule is Cc1ccc(NC(=O)COC(=O)c2ccc([N+](=O)[O-])o2)c(C)c1. The minimum atomic E-state index is -0.950. The molecule has 0 spiro atoms. The third-order valence-electron chi connectivity index (χ3n) is 2.96. The molecule has 2 aromatic rings. The fourth-order valence-corrected chi connectivity index (χ4v) is 1.88. The second-order valence-electron chi connectivity index (χ2n) is 4.84. The van der Waals surface area contributed by atoms with Gasteiger partial charge >= 0.3 is 11.9 Å². The molecule has 0 aliphatic carbocycles. The first-order chi connectivity index (χ1) is 10.9. The Hall–Kier alpha value is -3.16. The zero-order valence-electron chi connectivity index (χ0n) is 12.5. The van der Waals surface area contributed by atoms with Crippen molar-refractivity contribution in [1.29, 1.82) is 0 Å². The maximum Gasteiger partial charge on any atom is 0.433 e. The Kier molecular flexibility index (Phi) is 4.75. The van der Waals surface area contributed by atoms with E-state index in [9.17, 15) is 19.7 Å². The van der Waals surface area contributed by atoms with E-state index in [2.05, 4.69) is 9.73 Å². The van der Waals surface area contributed by atoms with E-state index >= 15 is 0 Å². The van der Waals surface area contributed by atoms with E-state index in [1.54, 1.807) is 6.07 Å². The molecule has 0 saturated heterocycles. The second kappa shape index (κ2) is 6.73. The number of hydrogen-bond acceptors (Lipinski definition) is 6. The van der Waals surface area contributed by atoms with E-state index in [0.29, 0.717) is 5.69 Å². The molecule has 23 heavy (non-hydrogen) atoms. The average Bonchev–Trinajstić information content (AvgIpc) is 2.98. The summed E-state index contributed by atoms with van der Waals surface area (Å²) in [7, 11) is 0. The Morgan fingerprint density at radius 3 is 2.61 bits per heavy atom. The van der Waals surface area contributed by atoms with E-state index in [1.165, 1.54) is 0 Å². The van der Waals surface area contributed by atoms with Gasteiger partial charge in [0.2, 0.25) is 5.76 Å². The Morgan fingerprint density at radius 2 is 2.00 bits per heavy atom. The molecule has 0 radical (unpaired) electrons. The fourth-order valence-electron chi connectivity index (χ4n) is 1.88. The number of benzene rings is 1. The van der Waals surface area contributed by atoms with Gasteiger partial charge in [-0.1, -0.05) is 17.7 Å². The molecule has 8 nitrogen and oxygen atoms in total. The summed E-state index contributed by atoms with van der Waals surface area (Å²) in [5.41, 5.74) is 2.56. The van der Waals surface area contributed by atoms with Crippen LogP contribution in [0, 0.1) is 24.0 Å². The number of esters is 1. The lowest BCUT2D eigenvalue weighted by molar-refractivity contribution is -0.402. The van der Waals surface area contributed by atoms with Gasteiger partial charge in [-0.3, -0.25) is 14.9 Å². The number of aryl methyl sites for hydroxylation is 2. The number of ether oxygens (including phenoxy) is 1. The van der Waals surface area contributed by atoms with Crippen LogP contribution in [0.25, 0.3) is 0 Å². The minimum Gasteiger partial charge on any atom is -0.450 e. The molecule has 0 saturated carbocycles. The molecule has 2 rings (SSSR count). The highest BCUT2D eigenvalue weighted by atomic mass is 16.7. The number of nitrogens with zero attached hydrogens (tertiary/aromatic N) is 1. The number of carbonyl (C=O) groups excluding carboxylic acids is 2. The fraction of sp³-hybridized carbons (Fsp3) is 0.200. The lowest BCUT2D eigenvalue weighted by atomic mass is 10.1. The van der Waals surface area contributed by atoms with Crippen LogP contribution < -0.4 is 5.32 Å². The van der Waals surface area contributed by atoms with Gasteiger partial charge in [-0.2, -0.15) is 0 Å². The maximum absolute atomic E-state index is 11.8. The van der Waals surface area contributed by atoms with Crippen LogP contribution in [0.3, 0.4) is 0 Å². The number of nitrogens with one attached hydrogen (secondary N) is 1. The van der Waals surface area contributed by atoms with Crippen molar-refractivity contribution in [1.82, 2.24) is 0 Å². The van der Waals surface area contributed by atoms with Gasteiger partial charge in [-0.15, -0.1) is 0 Å². The zero-order chi connectivity index (χ0) is 17.0. The monoisotopic (exact) mass is 318 g/mol. The molecule has 1 heterocycles. The van der Waals surface area contributed by atoms with Gasteiger partial charge in [-0.25, -0.2) is 4.79 Å². The van der Waals surface area contributed by atoms with Crippen molar-refractivity contribution in [3.63, 3.8) is 0 Å². The molecule has 0 unspecified atom stereocenters. The summed E-state index contributed by atoms with van der Waals surface area (Å²) in [6.07, 6.45) is 0. The molecule has 0 bridgehead atoms. The first-order valence-electron chi connectivity index (χ1n) is 6.65. The maximum atomic E-state index is 11.8. The summed E-state index contributed by atoms with van der Waals surface area (Å²) in [6, 6.07) is 7.65. The molecule has 8 heteroatoms. The smallest absolute Gasteiger partial charge is 0.433 e. The number of carbonyl (C=O) groups is 2. The quantitative estimate of drug-likeness (QED) is 0.515. The van der Waals surface area contributed by atoms with Crippen LogP contribution in [0.4, 0.5) is 11.6 Å². The number of amides is 1. The predicted molar refractivity (Wildman–Crippen MR) is 80.2 cm³/mol. The largest absolute Gasteiger partial charge is 0.450 e. The van der Waals surface area contributed by atoms with Crippen molar-refractivity contribution < 1.29 is 23.7 Å². The van der Waals surface area contributed by atoms with Gasteiger partial charge in [0, 0.05) is 5.69 Å². The Balaban J connectivity index is 1.90. The van der Waals surface area contributed by atoms with E-state index < -0.39 is 29.3 Å². The molecule has 1 aromatic carbocycles.